The van der Waals surface area contributed by atoms with Crippen molar-refractivity contribution in [3.05, 3.63) is 78.0 Å². The van der Waals surface area contributed by atoms with Gasteiger partial charge in [-0.15, -0.1) is 0 Å². The van der Waals surface area contributed by atoms with E-state index in [4.69, 9.17) is 24.2 Å². The van der Waals surface area contributed by atoms with Crippen molar-refractivity contribution in [2.45, 2.75) is 102 Å². The molecule has 15 nitrogen and oxygen atoms in total. The maximum Gasteiger partial charge on any atom is 0.289 e. The third-order valence-corrected chi connectivity index (χ3v) is 10.9. The number of hydrogen-bond donors (Lipinski definition) is 5. The monoisotopic (exact) mass is 835 g/mol. The van der Waals surface area contributed by atoms with E-state index < -0.39 is 29.6 Å². The summed E-state index contributed by atoms with van der Waals surface area (Å²) >= 11 is 0. The molecule has 0 spiro atoms. The van der Waals surface area contributed by atoms with Crippen molar-refractivity contribution in [3.8, 4) is 11.5 Å². The Bertz CT molecular complexity index is 2050. The lowest BCUT2D eigenvalue weighted by Gasteiger charge is -2.28. The van der Waals surface area contributed by atoms with Crippen LogP contribution in [0.3, 0.4) is 0 Å². The van der Waals surface area contributed by atoms with Gasteiger partial charge in [0, 0.05) is 67.4 Å². The lowest BCUT2D eigenvalue weighted by molar-refractivity contribution is -0.376. The number of carbonyl (C=O) groups is 2. The second-order valence-electron chi connectivity index (χ2n) is 15.5. The molecule has 3 aromatic carbocycles. The van der Waals surface area contributed by atoms with Gasteiger partial charge in [0.05, 0.1) is 24.1 Å². The fraction of sp³-hybridized carbons (Fsp3) is 0.488. The van der Waals surface area contributed by atoms with E-state index >= 15 is 0 Å². The van der Waals surface area contributed by atoms with Gasteiger partial charge in [-0.2, -0.15) is 0 Å². The van der Waals surface area contributed by atoms with Crippen LogP contribution in [0, 0.1) is 11.6 Å². The summed E-state index contributed by atoms with van der Waals surface area (Å²) in [7, 11) is 1.31. The number of hydroxylamine groups is 3. The first-order chi connectivity index (χ1) is 29.1. The topological polar surface area (TPSA) is 162 Å². The Balaban J connectivity index is 0.699. The van der Waals surface area contributed by atoms with Crippen LogP contribution in [0.2, 0.25) is 0 Å². The molecule has 0 aliphatic carbocycles. The quantitative estimate of drug-likeness (QED) is 0.0525. The van der Waals surface area contributed by atoms with Gasteiger partial charge in [-0.3, -0.25) is 24.3 Å². The number of likely N-dealkylation sites (N-methyl/N-ethyl adjacent to an activating group) is 1. The van der Waals surface area contributed by atoms with Crippen LogP contribution >= 0.6 is 0 Å². The summed E-state index contributed by atoms with van der Waals surface area (Å²) in [4.78, 5) is 57.6. The van der Waals surface area contributed by atoms with E-state index in [0.29, 0.717) is 48.5 Å². The van der Waals surface area contributed by atoms with E-state index in [0.717, 1.165) is 65.9 Å². The van der Waals surface area contributed by atoms with Crippen molar-refractivity contribution < 1.29 is 47.7 Å². The minimum atomic E-state index is -2.22. The summed E-state index contributed by atoms with van der Waals surface area (Å²) in [6, 6.07) is 15.6. The van der Waals surface area contributed by atoms with Crippen LogP contribution in [-0.4, -0.2) is 72.4 Å². The maximum atomic E-state index is 13.7. The number of H-pyrrole nitrogens is 1. The number of aromatic nitrogens is 1. The van der Waals surface area contributed by atoms with Gasteiger partial charge in [0.2, 0.25) is 6.23 Å². The number of amides is 2. The molecular weight excluding hydrogens is 781 g/mol. The maximum absolute atomic E-state index is 13.7. The number of halogens is 2. The zero-order valence-corrected chi connectivity index (χ0v) is 34.0. The highest BCUT2D eigenvalue weighted by atomic mass is 19.1. The summed E-state index contributed by atoms with van der Waals surface area (Å²) in [6.07, 6.45) is 14.4. The van der Waals surface area contributed by atoms with Crippen LogP contribution in [0.25, 0.3) is 10.9 Å². The van der Waals surface area contributed by atoms with Gasteiger partial charge in [0.25, 0.3) is 17.6 Å². The van der Waals surface area contributed by atoms with Gasteiger partial charge in [0.15, 0.2) is 11.5 Å². The third kappa shape index (κ3) is 11.2. The second-order valence-corrected chi connectivity index (χ2v) is 15.5. The van der Waals surface area contributed by atoms with Gasteiger partial charge >= 0.3 is 0 Å². The number of benzene rings is 3. The molecule has 3 aliphatic rings. The van der Waals surface area contributed by atoms with Crippen LogP contribution in [0.1, 0.15) is 100 Å². The largest absolute Gasteiger partial charge is 0.385 e. The predicted octanol–water partition coefficient (Wildman–Crippen LogP) is 7.55. The highest BCUT2D eigenvalue weighted by Crippen LogP contribution is 2.38. The fourth-order valence-corrected chi connectivity index (χ4v) is 7.51. The second kappa shape index (κ2) is 20.5. The number of fused-ring (bicyclic) bond motifs is 2. The molecule has 2 saturated heterocycles. The van der Waals surface area contributed by atoms with Gasteiger partial charge in [-0.05, 0) is 61.4 Å². The van der Waals surface area contributed by atoms with Gasteiger partial charge in [-0.25, -0.2) is 13.6 Å². The van der Waals surface area contributed by atoms with Gasteiger partial charge in [-0.1, -0.05) is 69.9 Å². The molecule has 0 radical (unpaired) electrons. The van der Waals surface area contributed by atoms with E-state index in [1.807, 2.05) is 18.2 Å². The number of aliphatic hydroxyl groups is 1. The average Bonchev–Trinajstić information content (AvgIpc) is 4.00. The molecule has 324 valence electrons. The number of hydrogen-bond acceptors (Lipinski definition) is 12. The lowest BCUT2D eigenvalue weighted by atomic mass is 10.1. The van der Waals surface area contributed by atoms with E-state index in [2.05, 4.69) is 21.3 Å². The van der Waals surface area contributed by atoms with E-state index in [9.17, 15) is 23.5 Å². The summed E-state index contributed by atoms with van der Waals surface area (Å²) in [6.45, 7) is 2.20. The van der Waals surface area contributed by atoms with Crippen LogP contribution in [0.5, 0.6) is 11.5 Å². The first-order valence-corrected chi connectivity index (χ1v) is 21.0. The molecule has 4 heterocycles. The highest BCUT2D eigenvalue weighted by Gasteiger charge is 2.47. The molecule has 2 amide bonds. The Labute approximate surface area is 348 Å². The Morgan fingerprint density at radius 2 is 1.53 bits per heavy atom. The first-order valence-electron chi connectivity index (χ1n) is 21.0. The molecule has 2 unspecified atom stereocenters. The summed E-state index contributed by atoms with van der Waals surface area (Å²) in [5, 5.41) is 21.0. The van der Waals surface area contributed by atoms with Crippen molar-refractivity contribution in [1.29, 1.82) is 0 Å². The SMILES string of the molecule is CN(C(=O)C1(O)CCN(c2ccc3[nH]c(C(=O)NCCCCCCCCCCCCCCNc4ccc5c(c4)ON(C4CCONO4)O5)cc3c2)O1)c1cc(F)cc(F)c1. The van der Waals surface area contributed by atoms with Crippen LogP contribution < -0.4 is 35.9 Å². The van der Waals surface area contributed by atoms with Crippen molar-refractivity contribution in [2.24, 2.45) is 0 Å². The van der Waals surface area contributed by atoms with Gasteiger partial charge < -0.3 is 35.3 Å². The molecular formula is C43H55F2N7O8. The number of unbranched alkanes of at least 4 members (excludes halogenated alkanes) is 11. The zero-order valence-electron chi connectivity index (χ0n) is 34.0. The molecule has 5 N–H and O–H groups in total. The number of rotatable bonds is 21. The smallest absolute Gasteiger partial charge is 0.289 e. The number of nitrogens with one attached hydrogen (secondary N) is 4. The van der Waals surface area contributed by atoms with E-state index in [1.165, 1.54) is 68.7 Å². The van der Waals surface area contributed by atoms with Crippen molar-refractivity contribution in [3.63, 3.8) is 0 Å². The number of anilines is 3. The molecule has 3 aliphatic heterocycles. The molecule has 4 aromatic rings. The summed E-state index contributed by atoms with van der Waals surface area (Å²) < 4.78 is 27.5. The van der Waals surface area contributed by atoms with Crippen molar-refractivity contribution in [1.82, 2.24) is 21.2 Å². The van der Waals surface area contributed by atoms with Crippen LogP contribution in [0.4, 0.5) is 25.8 Å². The fourth-order valence-electron chi connectivity index (χ4n) is 7.51. The number of carbonyl (C=O) groups excluding carboxylic acids is 2. The molecule has 60 heavy (non-hydrogen) atoms. The average molecular weight is 836 g/mol. The third-order valence-electron chi connectivity index (χ3n) is 10.9. The van der Waals surface area contributed by atoms with E-state index in [-0.39, 0.29) is 24.6 Å². The van der Waals surface area contributed by atoms with Crippen molar-refractivity contribution >= 4 is 39.8 Å². The first kappa shape index (κ1) is 43.1. The minimum absolute atomic E-state index is 0.0486. The highest BCUT2D eigenvalue weighted by molar-refractivity contribution is 5.99. The predicted molar refractivity (Wildman–Crippen MR) is 220 cm³/mol. The Kier molecular flexibility index (Phi) is 14.7. The summed E-state index contributed by atoms with van der Waals surface area (Å²) in [5.74, 6) is -3.64. The Hall–Kier alpha value is -5.04. The minimum Gasteiger partial charge on any atom is -0.385 e. The van der Waals surface area contributed by atoms with E-state index in [1.54, 1.807) is 24.3 Å². The molecule has 2 fully saturated rings. The normalized spacial score (nSPS) is 18.9. The number of aromatic amines is 1. The summed E-state index contributed by atoms with van der Waals surface area (Å²) in [5.41, 5.74) is 5.11. The molecule has 17 heteroatoms. The molecule has 1 aromatic heterocycles. The van der Waals surface area contributed by atoms with Crippen LogP contribution in [-0.2, 0) is 19.3 Å². The molecule has 2 atom stereocenters. The lowest BCUT2D eigenvalue weighted by Crippen LogP contribution is -2.48. The van der Waals surface area contributed by atoms with Crippen molar-refractivity contribution in [2.75, 3.05) is 48.6 Å². The standard InChI is InChI=1S/C43H55F2N7O8/c1-50(35-27-31(44)26-32(45)28-35)42(54)43(55)19-22-51(60-43)34-15-16-36-30(24-34)25-37(48-36)41(53)47-21-13-11-9-7-5-3-2-4-6-8-10-12-20-46-33-14-17-38-39(29-33)59-52(58-38)40-18-23-56-49-57-40/h14-17,24-29,40,46,48-49,55H,2-13,18-23H2,1H3,(H,47,53). The zero-order chi connectivity index (χ0) is 41.9. The number of nitrogens with zero attached hydrogens (tertiary/aromatic N) is 3. The van der Waals surface area contributed by atoms with Crippen LogP contribution in [0.15, 0.2) is 60.7 Å². The Morgan fingerprint density at radius 1 is 0.850 bits per heavy atom. The van der Waals surface area contributed by atoms with Gasteiger partial charge in [0.1, 0.15) is 17.3 Å². The molecule has 0 saturated carbocycles. The Morgan fingerprint density at radius 3 is 2.23 bits per heavy atom. The molecule has 0 bridgehead atoms. The molecule has 7 rings (SSSR count).